The lowest BCUT2D eigenvalue weighted by atomic mass is 10.2. The zero-order chi connectivity index (χ0) is 10.6. The zero-order valence-electron chi connectivity index (χ0n) is 7.19. The molecule has 0 fully saturated rings. The van der Waals surface area contributed by atoms with Crippen molar-refractivity contribution >= 4 is 45.0 Å². The van der Waals surface area contributed by atoms with Gasteiger partial charge in [0, 0.05) is 16.0 Å². The van der Waals surface area contributed by atoms with Crippen LogP contribution in [-0.2, 0) is 11.3 Å². The molecule has 0 saturated carbocycles. The lowest BCUT2D eigenvalue weighted by Gasteiger charge is -2.05. The summed E-state index contributed by atoms with van der Waals surface area (Å²) in [5.41, 5.74) is 0.927. The molecule has 0 atom stereocenters. The molecule has 1 rings (SSSR count). The van der Waals surface area contributed by atoms with Crippen molar-refractivity contribution in [3.05, 3.63) is 33.3 Å². The molecule has 0 aliphatic rings. The minimum Gasteiger partial charge on any atom is -0.351 e. The lowest BCUT2D eigenvalue weighted by Crippen LogP contribution is -2.23. The van der Waals surface area contributed by atoms with E-state index >= 15 is 0 Å². The Labute approximate surface area is 101 Å². The SMILES string of the molecule is O=C(CCl)NCc1cc(Cl)ccc1Br. The first kappa shape index (κ1) is 11.8. The Morgan fingerprint density at radius 1 is 1.50 bits per heavy atom. The van der Waals surface area contributed by atoms with Crippen molar-refractivity contribution in [2.75, 3.05) is 5.88 Å². The minimum atomic E-state index is -0.196. The van der Waals surface area contributed by atoms with Crippen molar-refractivity contribution in [2.45, 2.75) is 6.54 Å². The van der Waals surface area contributed by atoms with E-state index in [1.807, 2.05) is 6.07 Å². The van der Waals surface area contributed by atoms with Gasteiger partial charge in [0.15, 0.2) is 0 Å². The van der Waals surface area contributed by atoms with Gasteiger partial charge in [0.25, 0.3) is 0 Å². The fourth-order valence-corrected chi connectivity index (χ4v) is 1.60. The summed E-state index contributed by atoms with van der Waals surface area (Å²) in [7, 11) is 0. The molecule has 2 nitrogen and oxygen atoms in total. The fourth-order valence-electron chi connectivity index (χ4n) is 0.920. The summed E-state index contributed by atoms with van der Waals surface area (Å²) in [4.78, 5) is 10.9. The first-order chi connectivity index (χ1) is 6.63. The average molecular weight is 297 g/mol. The molecule has 5 heteroatoms. The minimum absolute atomic E-state index is 0.0296. The Kier molecular flexibility index (Phi) is 4.72. The van der Waals surface area contributed by atoms with E-state index in [9.17, 15) is 4.79 Å². The monoisotopic (exact) mass is 295 g/mol. The number of hydrogen-bond acceptors (Lipinski definition) is 1. The molecule has 0 heterocycles. The van der Waals surface area contributed by atoms with Gasteiger partial charge in [-0.25, -0.2) is 0 Å². The summed E-state index contributed by atoms with van der Waals surface area (Å²) in [6.45, 7) is 0.423. The molecule has 0 aromatic heterocycles. The van der Waals surface area contributed by atoms with Gasteiger partial charge in [-0.15, -0.1) is 11.6 Å². The number of amides is 1. The number of rotatable bonds is 3. The third kappa shape index (κ3) is 3.48. The largest absolute Gasteiger partial charge is 0.351 e. The highest BCUT2D eigenvalue weighted by atomic mass is 79.9. The number of alkyl halides is 1. The van der Waals surface area contributed by atoms with E-state index in [-0.39, 0.29) is 11.8 Å². The fraction of sp³-hybridized carbons (Fsp3) is 0.222. The zero-order valence-corrected chi connectivity index (χ0v) is 10.3. The van der Waals surface area contributed by atoms with Crippen LogP contribution in [-0.4, -0.2) is 11.8 Å². The molecular formula is C9H8BrCl2NO. The number of carbonyl (C=O) groups excluding carboxylic acids is 1. The maximum atomic E-state index is 10.9. The van der Waals surface area contributed by atoms with E-state index in [4.69, 9.17) is 23.2 Å². The Balaban J connectivity index is 2.66. The van der Waals surface area contributed by atoms with Crippen LogP contribution in [0.3, 0.4) is 0 Å². The molecular weight excluding hydrogens is 289 g/mol. The van der Waals surface area contributed by atoms with Crippen molar-refractivity contribution in [1.82, 2.24) is 5.32 Å². The standard InChI is InChI=1S/C9H8BrCl2NO/c10-8-2-1-7(12)3-6(8)5-13-9(14)4-11/h1-3H,4-5H2,(H,13,14). The van der Waals surface area contributed by atoms with Gasteiger partial charge in [-0.05, 0) is 23.8 Å². The molecule has 0 unspecified atom stereocenters. The molecule has 0 bridgehead atoms. The molecule has 1 N–H and O–H groups in total. The Morgan fingerprint density at radius 3 is 2.86 bits per heavy atom. The highest BCUT2D eigenvalue weighted by molar-refractivity contribution is 9.10. The maximum Gasteiger partial charge on any atom is 0.235 e. The average Bonchev–Trinajstić information content (AvgIpc) is 2.19. The predicted molar refractivity (Wildman–Crippen MR) is 61.7 cm³/mol. The first-order valence-electron chi connectivity index (χ1n) is 3.90. The van der Waals surface area contributed by atoms with E-state index in [1.54, 1.807) is 12.1 Å². The smallest absolute Gasteiger partial charge is 0.235 e. The van der Waals surface area contributed by atoms with Crippen LogP contribution in [0.2, 0.25) is 5.02 Å². The van der Waals surface area contributed by atoms with Gasteiger partial charge in [0.1, 0.15) is 5.88 Å². The molecule has 76 valence electrons. The Hall–Kier alpha value is -0.250. The van der Waals surface area contributed by atoms with E-state index in [1.165, 1.54) is 0 Å². The van der Waals surface area contributed by atoms with Crippen molar-refractivity contribution < 1.29 is 4.79 Å². The molecule has 0 radical (unpaired) electrons. The summed E-state index contributed by atoms with van der Waals surface area (Å²) in [6.07, 6.45) is 0. The summed E-state index contributed by atoms with van der Waals surface area (Å²) in [5.74, 6) is -0.225. The van der Waals surface area contributed by atoms with Crippen LogP contribution in [0.15, 0.2) is 22.7 Å². The van der Waals surface area contributed by atoms with Crippen molar-refractivity contribution in [2.24, 2.45) is 0 Å². The van der Waals surface area contributed by atoms with Crippen LogP contribution in [0.1, 0.15) is 5.56 Å². The lowest BCUT2D eigenvalue weighted by molar-refractivity contribution is -0.118. The van der Waals surface area contributed by atoms with Gasteiger partial charge in [-0.2, -0.15) is 0 Å². The Morgan fingerprint density at radius 2 is 2.21 bits per heavy atom. The molecule has 1 aromatic carbocycles. The normalized spacial score (nSPS) is 9.93. The molecule has 0 spiro atoms. The summed E-state index contributed by atoms with van der Waals surface area (Å²) in [5, 5.41) is 3.30. The second-order valence-electron chi connectivity index (χ2n) is 2.65. The number of carbonyl (C=O) groups is 1. The molecule has 1 amide bonds. The van der Waals surface area contributed by atoms with Gasteiger partial charge in [0.2, 0.25) is 5.91 Å². The van der Waals surface area contributed by atoms with Crippen LogP contribution in [0, 0.1) is 0 Å². The second-order valence-corrected chi connectivity index (χ2v) is 4.20. The van der Waals surface area contributed by atoms with Crippen LogP contribution in [0.25, 0.3) is 0 Å². The van der Waals surface area contributed by atoms with Gasteiger partial charge in [-0.3, -0.25) is 4.79 Å². The van der Waals surface area contributed by atoms with Gasteiger partial charge in [-0.1, -0.05) is 27.5 Å². The maximum absolute atomic E-state index is 10.9. The number of nitrogens with one attached hydrogen (secondary N) is 1. The van der Waals surface area contributed by atoms with E-state index in [0.717, 1.165) is 10.0 Å². The third-order valence-electron chi connectivity index (χ3n) is 1.61. The summed E-state index contributed by atoms with van der Waals surface area (Å²) >= 11 is 14.5. The van der Waals surface area contributed by atoms with Gasteiger partial charge < -0.3 is 5.32 Å². The number of halogens is 3. The summed E-state index contributed by atoms with van der Waals surface area (Å²) < 4.78 is 0.914. The van der Waals surface area contributed by atoms with E-state index in [2.05, 4.69) is 21.2 Å². The highest BCUT2D eigenvalue weighted by Crippen LogP contribution is 2.20. The van der Waals surface area contributed by atoms with Crippen molar-refractivity contribution in [3.8, 4) is 0 Å². The molecule has 0 aliphatic heterocycles. The molecule has 1 aromatic rings. The third-order valence-corrected chi connectivity index (χ3v) is 2.86. The first-order valence-corrected chi connectivity index (χ1v) is 5.60. The van der Waals surface area contributed by atoms with Crippen LogP contribution < -0.4 is 5.32 Å². The Bertz CT molecular complexity index is 344. The molecule has 0 aliphatic carbocycles. The summed E-state index contributed by atoms with van der Waals surface area (Å²) in [6, 6.07) is 5.41. The quantitative estimate of drug-likeness (QED) is 0.854. The second kappa shape index (κ2) is 5.59. The van der Waals surface area contributed by atoms with Gasteiger partial charge >= 0.3 is 0 Å². The van der Waals surface area contributed by atoms with Crippen LogP contribution >= 0.6 is 39.1 Å². The van der Waals surface area contributed by atoms with Gasteiger partial charge in [0.05, 0.1) is 0 Å². The van der Waals surface area contributed by atoms with E-state index < -0.39 is 0 Å². The number of benzene rings is 1. The number of hydrogen-bond donors (Lipinski definition) is 1. The highest BCUT2D eigenvalue weighted by Gasteiger charge is 2.03. The van der Waals surface area contributed by atoms with Crippen LogP contribution in [0.4, 0.5) is 0 Å². The van der Waals surface area contributed by atoms with Crippen LogP contribution in [0.5, 0.6) is 0 Å². The topological polar surface area (TPSA) is 29.1 Å². The van der Waals surface area contributed by atoms with E-state index in [0.29, 0.717) is 11.6 Å². The predicted octanol–water partition coefficient (Wildman–Crippen LogP) is 2.96. The molecule has 14 heavy (non-hydrogen) atoms. The molecule has 0 saturated heterocycles. The van der Waals surface area contributed by atoms with Crippen molar-refractivity contribution in [1.29, 1.82) is 0 Å². The van der Waals surface area contributed by atoms with Crippen molar-refractivity contribution in [3.63, 3.8) is 0 Å².